The van der Waals surface area contributed by atoms with E-state index in [9.17, 15) is 9.00 Å². The van der Waals surface area contributed by atoms with Crippen LogP contribution in [0.1, 0.15) is 12.0 Å². The van der Waals surface area contributed by atoms with Crippen LogP contribution in [0.5, 0.6) is 0 Å². The number of carbonyl (C=O) groups is 1. The van der Waals surface area contributed by atoms with Gasteiger partial charge in [-0.3, -0.25) is 4.79 Å². The lowest BCUT2D eigenvalue weighted by atomic mass is 10.1. The molecule has 0 aliphatic heterocycles. The van der Waals surface area contributed by atoms with E-state index >= 15 is 0 Å². The zero-order valence-electron chi connectivity index (χ0n) is 8.30. The lowest BCUT2D eigenvalue weighted by Crippen LogP contribution is -2.01. The van der Waals surface area contributed by atoms with E-state index in [1.807, 2.05) is 0 Å². The highest BCUT2D eigenvalue weighted by Gasteiger charge is 2.03. The van der Waals surface area contributed by atoms with E-state index in [4.69, 9.17) is 4.55 Å². The Morgan fingerprint density at radius 2 is 2.00 bits per heavy atom. The zero-order valence-corrected chi connectivity index (χ0v) is 9.12. The second-order valence-corrected chi connectivity index (χ2v) is 3.94. The Hall–Kier alpha value is -1.20. The summed E-state index contributed by atoms with van der Waals surface area (Å²) in [5.74, 6) is -0.259. The van der Waals surface area contributed by atoms with Gasteiger partial charge in [0.1, 0.15) is 0 Å². The molecule has 15 heavy (non-hydrogen) atoms. The molecule has 4 nitrogen and oxygen atoms in total. The summed E-state index contributed by atoms with van der Waals surface area (Å²) in [5, 5.41) is 0. The fraction of sp³-hybridized carbons (Fsp3) is 0.300. The average Bonchev–Trinajstić information content (AvgIpc) is 2.26. The van der Waals surface area contributed by atoms with Crippen molar-refractivity contribution in [3.8, 4) is 0 Å². The van der Waals surface area contributed by atoms with Crippen molar-refractivity contribution in [2.75, 3.05) is 7.11 Å². The number of hydrogen-bond acceptors (Lipinski definition) is 3. The molecule has 0 radical (unpaired) electrons. The first kappa shape index (κ1) is 11.9. The van der Waals surface area contributed by atoms with Gasteiger partial charge in [-0.05, 0) is 24.1 Å². The zero-order chi connectivity index (χ0) is 11.3. The number of methoxy groups -OCH3 is 1. The summed E-state index contributed by atoms with van der Waals surface area (Å²) in [6, 6.07) is 6.60. The van der Waals surface area contributed by atoms with Gasteiger partial charge in [-0.1, -0.05) is 12.1 Å². The van der Waals surface area contributed by atoms with Crippen LogP contribution in [-0.4, -0.2) is 21.8 Å². The Labute approximate surface area is 90.5 Å². The summed E-state index contributed by atoms with van der Waals surface area (Å²) >= 11 is -1.94. The first-order chi connectivity index (χ1) is 7.13. The smallest absolute Gasteiger partial charge is 0.305 e. The summed E-state index contributed by atoms with van der Waals surface area (Å²) in [6.07, 6.45) is 0.892. The molecule has 0 bridgehead atoms. The van der Waals surface area contributed by atoms with E-state index in [-0.39, 0.29) is 5.97 Å². The molecular weight excluding hydrogens is 216 g/mol. The molecule has 1 N–H and O–H groups in total. The Balaban J connectivity index is 2.57. The predicted molar refractivity (Wildman–Crippen MR) is 55.8 cm³/mol. The number of benzene rings is 1. The van der Waals surface area contributed by atoms with E-state index in [2.05, 4.69) is 4.74 Å². The van der Waals surface area contributed by atoms with Crippen molar-refractivity contribution in [2.24, 2.45) is 0 Å². The molecule has 5 heteroatoms. The summed E-state index contributed by atoms with van der Waals surface area (Å²) < 4.78 is 23.9. The van der Waals surface area contributed by atoms with Crippen LogP contribution in [0.3, 0.4) is 0 Å². The van der Waals surface area contributed by atoms with Gasteiger partial charge in [0.25, 0.3) is 0 Å². The van der Waals surface area contributed by atoms with E-state index < -0.39 is 11.1 Å². The molecule has 0 saturated carbocycles. The molecule has 1 unspecified atom stereocenters. The van der Waals surface area contributed by atoms with Gasteiger partial charge in [0.05, 0.1) is 12.0 Å². The van der Waals surface area contributed by atoms with Gasteiger partial charge >= 0.3 is 5.97 Å². The fourth-order valence-electron chi connectivity index (χ4n) is 1.12. The summed E-state index contributed by atoms with van der Waals surface area (Å²) in [4.78, 5) is 11.2. The van der Waals surface area contributed by atoms with Crippen molar-refractivity contribution in [3.63, 3.8) is 0 Å². The molecule has 1 aromatic carbocycles. The third-order valence-electron chi connectivity index (χ3n) is 1.97. The topological polar surface area (TPSA) is 63.6 Å². The highest BCUT2D eigenvalue weighted by atomic mass is 32.2. The molecule has 1 aromatic rings. The lowest BCUT2D eigenvalue weighted by molar-refractivity contribution is -0.140. The van der Waals surface area contributed by atoms with Crippen molar-refractivity contribution in [3.05, 3.63) is 29.8 Å². The number of ether oxygens (including phenoxy) is 1. The Kier molecular flexibility index (Phi) is 4.45. The number of esters is 1. The van der Waals surface area contributed by atoms with Crippen LogP contribution >= 0.6 is 0 Å². The van der Waals surface area contributed by atoms with Gasteiger partial charge in [-0.2, -0.15) is 0 Å². The van der Waals surface area contributed by atoms with Crippen LogP contribution < -0.4 is 0 Å². The average molecular weight is 228 g/mol. The molecule has 0 amide bonds. The minimum atomic E-state index is -1.94. The minimum absolute atomic E-state index is 0.259. The standard InChI is InChI=1S/C10H12O4S/c1-14-10(11)7-4-8-2-5-9(6-3-8)15(12)13/h2-3,5-6H,4,7H2,1H3,(H,12,13). The highest BCUT2D eigenvalue weighted by Crippen LogP contribution is 2.09. The predicted octanol–water partition coefficient (Wildman–Crippen LogP) is 1.37. The van der Waals surface area contributed by atoms with Crippen molar-refractivity contribution < 1.29 is 18.3 Å². The van der Waals surface area contributed by atoms with Crippen LogP contribution in [0.15, 0.2) is 29.2 Å². The van der Waals surface area contributed by atoms with E-state index in [0.717, 1.165) is 5.56 Å². The van der Waals surface area contributed by atoms with Crippen LogP contribution in [-0.2, 0) is 27.0 Å². The Bertz CT molecular complexity index is 358. The molecule has 0 spiro atoms. The van der Waals surface area contributed by atoms with Crippen LogP contribution in [0.25, 0.3) is 0 Å². The molecule has 82 valence electrons. The van der Waals surface area contributed by atoms with Crippen molar-refractivity contribution in [1.82, 2.24) is 0 Å². The van der Waals surface area contributed by atoms with Gasteiger partial charge in [0.15, 0.2) is 11.1 Å². The molecule has 1 atom stereocenters. The second kappa shape index (κ2) is 5.63. The number of carbonyl (C=O) groups excluding carboxylic acids is 1. The summed E-state index contributed by atoms with van der Waals surface area (Å²) in [6.45, 7) is 0. The van der Waals surface area contributed by atoms with Gasteiger partial charge in [-0.15, -0.1) is 0 Å². The maximum Gasteiger partial charge on any atom is 0.305 e. The quantitative estimate of drug-likeness (QED) is 0.624. The van der Waals surface area contributed by atoms with E-state index in [1.54, 1.807) is 24.3 Å². The van der Waals surface area contributed by atoms with Crippen LogP contribution in [0.2, 0.25) is 0 Å². The van der Waals surface area contributed by atoms with E-state index in [0.29, 0.717) is 17.7 Å². The number of aryl methyl sites for hydroxylation is 1. The Morgan fingerprint density at radius 3 is 2.47 bits per heavy atom. The largest absolute Gasteiger partial charge is 0.469 e. The summed E-state index contributed by atoms with van der Waals surface area (Å²) in [7, 11) is 1.35. The van der Waals surface area contributed by atoms with Gasteiger partial charge in [0, 0.05) is 6.42 Å². The van der Waals surface area contributed by atoms with Crippen molar-refractivity contribution in [1.29, 1.82) is 0 Å². The van der Waals surface area contributed by atoms with Gasteiger partial charge in [-0.25, -0.2) is 4.21 Å². The third kappa shape index (κ3) is 3.81. The first-order valence-corrected chi connectivity index (χ1v) is 5.51. The highest BCUT2D eigenvalue weighted by molar-refractivity contribution is 7.79. The van der Waals surface area contributed by atoms with Crippen molar-refractivity contribution >= 4 is 17.0 Å². The lowest BCUT2D eigenvalue weighted by Gasteiger charge is -2.01. The maximum atomic E-state index is 10.8. The molecule has 0 aliphatic rings. The molecule has 1 rings (SSSR count). The number of hydrogen-bond donors (Lipinski definition) is 1. The molecule has 0 fully saturated rings. The monoisotopic (exact) mass is 228 g/mol. The van der Waals surface area contributed by atoms with E-state index in [1.165, 1.54) is 7.11 Å². The van der Waals surface area contributed by atoms with Gasteiger partial charge in [0.2, 0.25) is 0 Å². The SMILES string of the molecule is COC(=O)CCc1ccc(S(=O)O)cc1. The molecule has 0 saturated heterocycles. The van der Waals surface area contributed by atoms with Crippen LogP contribution in [0.4, 0.5) is 0 Å². The Morgan fingerprint density at radius 1 is 1.40 bits per heavy atom. The second-order valence-electron chi connectivity index (χ2n) is 2.97. The first-order valence-electron chi connectivity index (χ1n) is 4.40. The summed E-state index contributed by atoms with van der Waals surface area (Å²) in [5.41, 5.74) is 0.939. The third-order valence-corrected chi connectivity index (χ3v) is 2.65. The molecule has 0 aliphatic carbocycles. The molecular formula is C10H12O4S. The number of rotatable bonds is 4. The molecule has 0 heterocycles. The maximum absolute atomic E-state index is 10.8. The minimum Gasteiger partial charge on any atom is -0.469 e. The van der Waals surface area contributed by atoms with Gasteiger partial charge < -0.3 is 9.29 Å². The fourth-order valence-corrected chi connectivity index (χ4v) is 1.49. The molecule has 0 aromatic heterocycles. The van der Waals surface area contributed by atoms with Crippen LogP contribution in [0, 0.1) is 0 Å². The van der Waals surface area contributed by atoms with Crippen molar-refractivity contribution in [2.45, 2.75) is 17.7 Å². The normalized spacial score (nSPS) is 12.1.